The molecule has 6 heteroatoms. The topological polar surface area (TPSA) is 70.7 Å². The van der Waals surface area contributed by atoms with Crippen molar-refractivity contribution in [3.63, 3.8) is 0 Å². The van der Waals surface area contributed by atoms with Crippen LogP contribution in [0.25, 0.3) is 0 Å². The Morgan fingerprint density at radius 2 is 1.71 bits per heavy atom. The molecule has 0 aromatic heterocycles. The third-order valence-corrected chi connectivity index (χ3v) is 4.82. The molecule has 2 aromatic rings. The molecule has 0 aliphatic rings. The summed E-state index contributed by atoms with van der Waals surface area (Å²) >= 11 is 0. The molecule has 0 fully saturated rings. The Bertz CT molecular complexity index is 815. The van der Waals surface area contributed by atoms with Gasteiger partial charge in [0.15, 0.2) is 0 Å². The highest BCUT2D eigenvalue weighted by atomic mass is 16.5. The van der Waals surface area contributed by atoms with Gasteiger partial charge in [-0.2, -0.15) is 0 Å². The molecular formula is C22H29N3O3. The lowest BCUT2D eigenvalue weighted by Crippen LogP contribution is -2.45. The molecule has 0 bridgehead atoms. The van der Waals surface area contributed by atoms with Gasteiger partial charge in [0, 0.05) is 17.8 Å². The van der Waals surface area contributed by atoms with Crippen LogP contribution in [0, 0.1) is 13.8 Å². The molecule has 0 saturated carbocycles. The van der Waals surface area contributed by atoms with Gasteiger partial charge in [-0.15, -0.1) is 0 Å². The summed E-state index contributed by atoms with van der Waals surface area (Å²) in [5.41, 5.74) is 3.76. The Balaban J connectivity index is 1.89. The second-order valence-corrected chi connectivity index (χ2v) is 6.94. The fourth-order valence-electron chi connectivity index (χ4n) is 2.93. The Morgan fingerprint density at radius 3 is 2.36 bits per heavy atom. The van der Waals surface area contributed by atoms with Crippen molar-refractivity contribution in [3.05, 3.63) is 59.2 Å². The number of para-hydroxylation sites is 2. The van der Waals surface area contributed by atoms with Gasteiger partial charge in [0.25, 0.3) is 0 Å². The van der Waals surface area contributed by atoms with Crippen molar-refractivity contribution >= 4 is 17.5 Å². The Hall–Kier alpha value is -2.86. The first-order chi connectivity index (χ1) is 13.3. The van der Waals surface area contributed by atoms with Crippen LogP contribution in [-0.4, -0.2) is 43.5 Å². The van der Waals surface area contributed by atoms with Crippen molar-refractivity contribution in [2.45, 2.75) is 33.4 Å². The van der Waals surface area contributed by atoms with E-state index in [-0.39, 0.29) is 18.4 Å². The predicted octanol–water partition coefficient (Wildman–Crippen LogP) is 2.89. The number of aryl methyl sites for hydroxylation is 2. The summed E-state index contributed by atoms with van der Waals surface area (Å²) in [4.78, 5) is 26.6. The number of benzene rings is 2. The van der Waals surface area contributed by atoms with Crippen LogP contribution in [-0.2, 0) is 16.1 Å². The van der Waals surface area contributed by atoms with Crippen LogP contribution in [0.3, 0.4) is 0 Å². The van der Waals surface area contributed by atoms with E-state index in [4.69, 9.17) is 4.74 Å². The lowest BCUT2D eigenvalue weighted by Gasteiger charge is -2.24. The molecule has 0 spiro atoms. The van der Waals surface area contributed by atoms with Crippen molar-refractivity contribution in [2.75, 3.05) is 26.0 Å². The maximum Gasteiger partial charge on any atom is 0.238 e. The second kappa shape index (κ2) is 9.90. The molecule has 1 atom stereocenters. The molecule has 0 aliphatic heterocycles. The van der Waals surface area contributed by atoms with Gasteiger partial charge in [-0.25, -0.2) is 0 Å². The second-order valence-electron chi connectivity index (χ2n) is 6.94. The summed E-state index contributed by atoms with van der Waals surface area (Å²) in [5.74, 6) is 0.439. The van der Waals surface area contributed by atoms with E-state index in [0.29, 0.717) is 6.54 Å². The number of likely N-dealkylation sites (N-methyl/N-ethyl adjacent to an activating group) is 1. The number of carbonyl (C=O) groups is 2. The maximum absolute atomic E-state index is 12.5. The predicted molar refractivity (Wildman–Crippen MR) is 111 cm³/mol. The lowest BCUT2D eigenvalue weighted by atomic mass is 10.1. The van der Waals surface area contributed by atoms with Gasteiger partial charge in [-0.05, 0) is 45.0 Å². The van der Waals surface area contributed by atoms with E-state index in [1.807, 2.05) is 56.3 Å². The fraction of sp³-hybridized carbons (Fsp3) is 0.364. The third kappa shape index (κ3) is 5.57. The number of amides is 2. The molecular weight excluding hydrogens is 354 g/mol. The van der Waals surface area contributed by atoms with Gasteiger partial charge in [0.05, 0.1) is 19.7 Å². The average molecular weight is 383 g/mol. The van der Waals surface area contributed by atoms with Crippen molar-refractivity contribution in [1.29, 1.82) is 0 Å². The van der Waals surface area contributed by atoms with Crippen molar-refractivity contribution in [1.82, 2.24) is 10.2 Å². The maximum atomic E-state index is 12.5. The molecule has 150 valence electrons. The molecule has 2 rings (SSSR count). The molecule has 2 N–H and O–H groups in total. The zero-order valence-electron chi connectivity index (χ0n) is 17.2. The molecule has 0 radical (unpaired) electrons. The van der Waals surface area contributed by atoms with Crippen molar-refractivity contribution in [3.8, 4) is 5.75 Å². The minimum Gasteiger partial charge on any atom is -0.496 e. The summed E-state index contributed by atoms with van der Waals surface area (Å²) in [6, 6.07) is 13.0. The largest absolute Gasteiger partial charge is 0.496 e. The van der Waals surface area contributed by atoms with Gasteiger partial charge >= 0.3 is 0 Å². The van der Waals surface area contributed by atoms with Gasteiger partial charge in [-0.1, -0.05) is 36.4 Å². The van der Waals surface area contributed by atoms with Gasteiger partial charge in [-0.3, -0.25) is 14.5 Å². The first-order valence-corrected chi connectivity index (χ1v) is 9.29. The first kappa shape index (κ1) is 21.4. The van der Waals surface area contributed by atoms with Crippen LogP contribution in [0.15, 0.2) is 42.5 Å². The summed E-state index contributed by atoms with van der Waals surface area (Å²) in [6.07, 6.45) is 0. The van der Waals surface area contributed by atoms with Gasteiger partial charge in [0.1, 0.15) is 5.75 Å². The highest BCUT2D eigenvalue weighted by Gasteiger charge is 2.20. The molecule has 1 unspecified atom stereocenters. The number of carbonyl (C=O) groups excluding carboxylic acids is 2. The standard InChI is InChI=1S/C22H29N3O3/c1-15-9-8-10-16(2)21(15)24-20(26)14-25(4)17(3)22(27)23-13-18-11-6-7-12-19(18)28-5/h6-12,17H,13-14H2,1-5H3,(H,23,27)(H,24,26). The minimum absolute atomic E-state index is 0.122. The van der Waals surface area contributed by atoms with Gasteiger partial charge < -0.3 is 15.4 Å². The van der Waals surface area contributed by atoms with E-state index in [1.54, 1.807) is 26.0 Å². The van der Waals surface area contributed by atoms with Crippen LogP contribution in [0.4, 0.5) is 5.69 Å². The Labute approximate surface area is 166 Å². The average Bonchev–Trinajstić information content (AvgIpc) is 2.68. The molecule has 2 aromatic carbocycles. The van der Waals surface area contributed by atoms with E-state index in [1.165, 1.54) is 0 Å². The Morgan fingerprint density at radius 1 is 1.07 bits per heavy atom. The lowest BCUT2D eigenvalue weighted by molar-refractivity contribution is -0.126. The SMILES string of the molecule is COc1ccccc1CNC(=O)C(C)N(C)CC(=O)Nc1c(C)cccc1C. The molecule has 28 heavy (non-hydrogen) atoms. The summed E-state index contributed by atoms with van der Waals surface area (Å²) in [5, 5.41) is 5.85. The summed E-state index contributed by atoms with van der Waals surface area (Å²) in [7, 11) is 3.36. The van der Waals surface area contributed by atoms with E-state index < -0.39 is 6.04 Å². The molecule has 6 nitrogen and oxygen atoms in total. The fourth-order valence-corrected chi connectivity index (χ4v) is 2.93. The molecule has 0 aliphatic carbocycles. The van der Waals surface area contributed by atoms with Crippen LogP contribution >= 0.6 is 0 Å². The number of anilines is 1. The highest BCUT2D eigenvalue weighted by molar-refractivity contribution is 5.94. The number of nitrogens with one attached hydrogen (secondary N) is 2. The molecule has 0 saturated heterocycles. The highest BCUT2D eigenvalue weighted by Crippen LogP contribution is 2.19. The number of methoxy groups -OCH3 is 1. The smallest absolute Gasteiger partial charge is 0.238 e. The van der Waals surface area contributed by atoms with E-state index in [2.05, 4.69) is 10.6 Å². The van der Waals surface area contributed by atoms with Crippen molar-refractivity contribution in [2.24, 2.45) is 0 Å². The van der Waals surface area contributed by atoms with Crippen molar-refractivity contribution < 1.29 is 14.3 Å². The number of hydrogen-bond donors (Lipinski definition) is 2. The monoisotopic (exact) mass is 383 g/mol. The zero-order valence-corrected chi connectivity index (χ0v) is 17.2. The van der Waals surface area contributed by atoms with E-state index in [0.717, 1.165) is 28.1 Å². The van der Waals surface area contributed by atoms with Gasteiger partial charge in [0.2, 0.25) is 11.8 Å². The first-order valence-electron chi connectivity index (χ1n) is 9.29. The summed E-state index contributed by atoms with van der Waals surface area (Å²) < 4.78 is 5.30. The number of nitrogens with zero attached hydrogens (tertiary/aromatic N) is 1. The summed E-state index contributed by atoms with van der Waals surface area (Å²) in [6.45, 7) is 6.19. The zero-order chi connectivity index (χ0) is 20.7. The van der Waals surface area contributed by atoms with E-state index in [9.17, 15) is 9.59 Å². The molecule has 0 heterocycles. The normalized spacial score (nSPS) is 11.8. The minimum atomic E-state index is -0.446. The number of ether oxygens (including phenoxy) is 1. The van der Waals surface area contributed by atoms with Crippen LogP contribution in [0.5, 0.6) is 5.75 Å². The van der Waals surface area contributed by atoms with E-state index >= 15 is 0 Å². The number of rotatable bonds is 8. The molecule has 2 amide bonds. The van der Waals surface area contributed by atoms with Crippen LogP contribution in [0.1, 0.15) is 23.6 Å². The third-order valence-electron chi connectivity index (χ3n) is 4.82. The van der Waals surface area contributed by atoms with Crippen LogP contribution < -0.4 is 15.4 Å². The number of hydrogen-bond acceptors (Lipinski definition) is 4. The van der Waals surface area contributed by atoms with Crippen LogP contribution in [0.2, 0.25) is 0 Å². The Kier molecular flexibility index (Phi) is 7.58. The quantitative estimate of drug-likeness (QED) is 0.735.